The summed E-state index contributed by atoms with van der Waals surface area (Å²) in [6, 6.07) is 7.97. The molecule has 1 heterocycles. The molecule has 0 aliphatic carbocycles. The SMILES string of the molecule is CCCCCCc1ccc(C(=O)N(CCC)Cc2nc(C(=O)OCC)cs2)cc1. The first-order chi connectivity index (χ1) is 14.1. The van der Waals surface area contributed by atoms with Crippen molar-refractivity contribution in [2.75, 3.05) is 13.2 Å². The van der Waals surface area contributed by atoms with E-state index in [1.54, 1.807) is 17.2 Å². The van der Waals surface area contributed by atoms with Gasteiger partial charge in [0.2, 0.25) is 0 Å². The molecule has 0 bridgehead atoms. The van der Waals surface area contributed by atoms with Gasteiger partial charge in [-0.2, -0.15) is 0 Å². The van der Waals surface area contributed by atoms with Gasteiger partial charge in [-0.3, -0.25) is 4.79 Å². The minimum absolute atomic E-state index is 0.00253. The molecule has 158 valence electrons. The third-order valence-corrected chi connectivity index (χ3v) is 5.50. The number of thiazole rings is 1. The molecule has 0 fully saturated rings. The van der Waals surface area contributed by atoms with E-state index < -0.39 is 5.97 Å². The summed E-state index contributed by atoms with van der Waals surface area (Å²) in [5.74, 6) is -0.421. The minimum atomic E-state index is -0.419. The van der Waals surface area contributed by atoms with Gasteiger partial charge in [0.15, 0.2) is 5.69 Å². The highest BCUT2D eigenvalue weighted by Crippen LogP contribution is 2.17. The second-order valence-corrected chi connectivity index (χ2v) is 8.02. The summed E-state index contributed by atoms with van der Waals surface area (Å²) in [7, 11) is 0. The van der Waals surface area contributed by atoms with Crippen molar-refractivity contribution < 1.29 is 14.3 Å². The number of rotatable bonds is 12. The number of unbranched alkanes of at least 4 members (excludes halogenated alkanes) is 3. The summed E-state index contributed by atoms with van der Waals surface area (Å²) in [6.45, 7) is 7.39. The van der Waals surface area contributed by atoms with Crippen LogP contribution in [0.5, 0.6) is 0 Å². The van der Waals surface area contributed by atoms with Crippen LogP contribution in [0.15, 0.2) is 29.6 Å². The predicted octanol–water partition coefficient (Wildman–Crippen LogP) is 5.50. The Kier molecular flexibility index (Phi) is 9.84. The van der Waals surface area contributed by atoms with Crippen LogP contribution in [0, 0.1) is 0 Å². The quantitative estimate of drug-likeness (QED) is 0.339. The summed E-state index contributed by atoms with van der Waals surface area (Å²) in [5, 5.41) is 2.43. The number of esters is 1. The molecule has 0 unspecified atom stereocenters. The highest BCUT2D eigenvalue weighted by molar-refractivity contribution is 7.09. The Labute approximate surface area is 178 Å². The molecule has 1 aromatic carbocycles. The van der Waals surface area contributed by atoms with Gasteiger partial charge in [-0.1, -0.05) is 45.2 Å². The van der Waals surface area contributed by atoms with Crippen LogP contribution in [0.2, 0.25) is 0 Å². The number of nitrogens with zero attached hydrogens (tertiary/aromatic N) is 2. The molecule has 0 radical (unpaired) electrons. The molecule has 2 rings (SSSR count). The molecule has 0 aliphatic rings. The molecular weight excluding hydrogens is 384 g/mol. The Morgan fingerprint density at radius 3 is 2.45 bits per heavy atom. The second kappa shape index (κ2) is 12.4. The minimum Gasteiger partial charge on any atom is -0.461 e. The molecule has 1 aromatic heterocycles. The fraction of sp³-hybridized carbons (Fsp3) is 0.522. The zero-order chi connectivity index (χ0) is 21.1. The Hall–Kier alpha value is -2.21. The third kappa shape index (κ3) is 7.28. The van der Waals surface area contributed by atoms with Gasteiger partial charge in [0.05, 0.1) is 13.2 Å². The summed E-state index contributed by atoms with van der Waals surface area (Å²) in [6.07, 6.45) is 6.87. The Bertz CT molecular complexity index is 771. The number of carbonyl (C=O) groups excluding carboxylic acids is 2. The number of ether oxygens (including phenoxy) is 1. The largest absolute Gasteiger partial charge is 0.461 e. The maximum absolute atomic E-state index is 13.0. The number of carbonyl (C=O) groups is 2. The molecule has 0 aliphatic heterocycles. The first-order valence-corrected chi connectivity index (χ1v) is 11.5. The maximum atomic E-state index is 13.0. The lowest BCUT2D eigenvalue weighted by molar-refractivity contribution is 0.0520. The van der Waals surface area contributed by atoms with Gasteiger partial charge < -0.3 is 9.64 Å². The van der Waals surface area contributed by atoms with E-state index in [-0.39, 0.29) is 5.91 Å². The van der Waals surface area contributed by atoms with E-state index >= 15 is 0 Å². The zero-order valence-corrected chi connectivity index (χ0v) is 18.6. The Morgan fingerprint density at radius 2 is 1.79 bits per heavy atom. The van der Waals surface area contributed by atoms with Crippen molar-refractivity contribution in [3.05, 3.63) is 51.5 Å². The third-order valence-electron chi connectivity index (χ3n) is 4.66. The molecule has 6 heteroatoms. The number of hydrogen-bond donors (Lipinski definition) is 0. The van der Waals surface area contributed by atoms with E-state index in [1.165, 1.54) is 42.6 Å². The standard InChI is InChI=1S/C23H32N2O3S/c1-4-7-8-9-10-18-11-13-19(14-12-18)22(26)25(15-5-2)16-21-24-20(17-29-21)23(27)28-6-3/h11-14,17H,4-10,15-16H2,1-3H3. The highest BCUT2D eigenvalue weighted by Gasteiger charge is 2.18. The average molecular weight is 417 g/mol. The summed E-state index contributed by atoms with van der Waals surface area (Å²) >= 11 is 1.38. The van der Waals surface area contributed by atoms with Crippen LogP contribution in [-0.4, -0.2) is 34.9 Å². The molecule has 2 aromatic rings. The fourth-order valence-electron chi connectivity index (χ4n) is 3.12. The number of hydrogen-bond acceptors (Lipinski definition) is 5. The van der Waals surface area contributed by atoms with Crippen LogP contribution in [0.1, 0.15) is 84.3 Å². The smallest absolute Gasteiger partial charge is 0.357 e. The lowest BCUT2D eigenvalue weighted by Crippen LogP contribution is -2.31. The molecule has 0 atom stereocenters. The van der Waals surface area contributed by atoms with Gasteiger partial charge in [-0.05, 0) is 43.9 Å². The van der Waals surface area contributed by atoms with Crippen molar-refractivity contribution in [1.82, 2.24) is 9.88 Å². The lowest BCUT2D eigenvalue weighted by atomic mass is 10.0. The van der Waals surface area contributed by atoms with Crippen LogP contribution in [0.3, 0.4) is 0 Å². The van der Waals surface area contributed by atoms with Crippen LogP contribution in [0.4, 0.5) is 0 Å². The molecule has 0 saturated heterocycles. The molecule has 0 saturated carbocycles. The van der Waals surface area contributed by atoms with Gasteiger partial charge in [-0.15, -0.1) is 11.3 Å². The Morgan fingerprint density at radius 1 is 1.03 bits per heavy atom. The monoisotopic (exact) mass is 416 g/mol. The molecule has 0 spiro atoms. The number of aryl methyl sites for hydroxylation is 1. The van der Waals surface area contributed by atoms with Gasteiger partial charge >= 0.3 is 5.97 Å². The van der Waals surface area contributed by atoms with E-state index in [2.05, 4.69) is 24.0 Å². The van der Waals surface area contributed by atoms with Gasteiger partial charge in [0, 0.05) is 17.5 Å². The summed E-state index contributed by atoms with van der Waals surface area (Å²) < 4.78 is 4.99. The topological polar surface area (TPSA) is 59.5 Å². The number of benzene rings is 1. The van der Waals surface area contributed by atoms with Crippen molar-refractivity contribution >= 4 is 23.2 Å². The lowest BCUT2D eigenvalue weighted by Gasteiger charge is -2.21. The second-order valence-electron chi connectivity index (χ2n) is 7.08. The summed E-state index contributed by atoms with van der Waals surface area (Å²) in [4.78, 5) is 30.9. The van der Waals surface area contributed by atoms with Crippen LogP contribution >= 0.6 is 11.3 Å². The first-order valence-electron chi connectivity index (χ1n) is 10.6. The van der Waals surface area contributed by atoms with Crippen LogP contribution < -0.4 is 0 Å². The van der Waals surface area contributed by atoms with Crippen molar-refractivity contribution in [2.45, 2.75) is 65.8 Å². The fourth-order valence-corrected chi connectivity index (χ4v) is 3.90. The van der Waals surface area contributed by atoms with Gasteiger partial charge in [0.1, 0.15) is 5.01 Å². The van der Waals surface area contributed by atoms with Crippen molar-refractivity contribution in [1.29, 1.82) is 0 Å². The Balaban J connectivity index is 2.00. The molecule has 5 nitrogen and oxygen atoms in total. The highest BCUT2D eigenvalue weighted by atomic mass is 32.1. The molecular formula is C23H32N2O3S. The van der Waals surface area contributed by atoms with Gasteiger partial charge in [0.25, 0.3) is 5.91 Å². The number of amides is 1. The van der Waals surface area contributed by atoms with E-state index in [4.69, 9.17) is 4.74 Å². The van der Waals surface area contributed by atoms with E-state index in [0.717, 1.165) is 17.8 Å². The zero-order valence-electron chi connectivity index (χ0n) is 17.8. The predicted molar refractivity (Wildman–Crippen MR) is 117 cm³/mol. The first kappa shape index (κ1) is 23.1. The summed E-state index contributed by atoms with van der Waals surface area (Å²) in [5.41, 5.74) is 2.28. The van der Waals surface area contributed by atoms with Crippen molar-refractivity contribution in [3.63, 3.8) is 0 Å². The van der Waals surface area contributed by atoms with Gasteiger partial charge in [-0.25, -0.2) is 9.78 Å². The van der Waals surface area contributed by atoms with Crippen molar-refractivity contribution in [2.24, 2.45) is 0 Å². The number of aromatic nitrogens is 1. The molecule has 0 N–H and O–H groups in total. The maximum Gasteiger partial charge on any atom is 0.357 e. The normalized spacial score (nSPS) is 10.7. The average Bonchev–Trinajstić information content (AvgIpc) is 3.20. The van der Waals surface area contributed by atoms with Crippen LogP contribution in [0.25, 0.3) is 0 Å². The van der Waals surface area contributed by atoms with E-state index in [1.807, 2.05) is 19.1 Å². The van der Waals surface area contributed by atoms with E-state index in [0.29, 0.717) is 31.0 Å². The van der Waals surface area contributed by atoms with Crippen LogP contribution in [-0.2, 0) is 17.7 Å². The van der Waals surface area contributed by atoms with E-state index in [9.17, 15) is 9.59 Å². The molecule has 1 amide bonds. The van der Waals surface area contributed by atoms with Crippen molar-refractivity contribution in [3.8, 4) is 0 Å². The molecule has 29 heavy (non-hydrogen) atoms.